The maximum Gasteiger partial charge on any atom is 0.316 e. The van der Waals surface area contributed by atoms with Crippen LogP contribution in [-0.4, -0.2) is 47.9 Å². The second kappa shape index (κ2) is 11.1. The van der Waals surface area contributed by atoms with Crippen LogP contribution in [0.1, 0.15) is 37.5 Å². The minimum atomic E-state index is -0.0906. The average molecular weight is 478 g/mol. The van der Waals surface area contributed by atoms with Crippen LogP contribution in [0.2, 0.25) is 0 Å². The highest BCUT2D eigenvalue weighted by Crippen LogP contribution is 2.35. The molecule has 1 heterocycles. The lowest BCUT2D eigenvalue weighted by molar-refractivity contribution is 0.215. The molecule has 2 amide bonds. The number of nitriles is 1. The molecule has 1 aromatic heterocycles. The van der Waals surface area contributed by atoms with Gasteiger partial charge in [0.05, 0.1) is 11.7 Å². The lowest BCUT2D eigenvalue weighted by Gasteiger charge is -2.18. The Morgan fingerprint density at radius 2 is 1.91 bits per heavy atom. The van der Waals surface area contributed by atoms with Gasteiger partial charge in [0.2, 0.25) is 0 Å². The molecule has 0 bridgehead atoms. The molecule has 0 aliphatic carbocycles. The first-order valence-corrected chi connectivity index (χ1v) is 12.1. The highest BCUT2D eigenvalue weighted by molar-refractivity contribution is 7.17. The summed E-state index contributed by atoms with van der Waals surface area (Å²) < 4.78 is 5.73. The standard InChI is InChI=1S/C26H31N5O2S/c1-16(2)33-23-11-10-19(13-20(23)14-27)24-29-30-25(34-24)21-9-7-8-18(4)22(21)12-17(3)15-28-26(32)31(5)6/h7-11,13,16-17H,12,15H2,1-6H3,(H,28,32)/t17-/m1/s1. The predicted molar refractivity (Wildman–Crippen MR) is 136 cm³/mol. The Morgan fingerprint density at radius 3 is 2.59 bits per heavy atom. The Bertz CT molecular complexity index is 1200. The monoisotopic (exact) mass is 477 g/mol. The maximum absolute atomic E-state index is 11.9. The van der Waals surface area contributed by atoms with Crippen LogP contribution < -0.4 is 10.1 Å². The van der Waals surface area contributed by atoms with Gasteiger partial charge in [0.25, 0.3) is 0 Å². The summed E-state index contributed by atoms with van der Waals surface area (Å²) >= 11 is 1.50. The van der Waals surface area contributed by atoms with Gasteiger partial charge in [0, 0.05) is 31.8 Å². The molecule has 0 saturated carbocycles. The van der Waals surface area contributed by atoms with Crippen LogP contribution in [-0.2, 0) is 6.42 Å². The number of ether oxygens (including phenoxy) is 1. The molecule has 1 N–H and O–H groups in total. The molecule has 0 spiro atoms. The van der Waals surface area contributed by atoms with Gasteiger partial charge in [-0.15, -0.1) is 10.2 Å². The SMILES string of the molecule is Cc1cccc(-c2nnc(-c3ccc(OC(C)C)c(C#N)c3)s2)c1C[C@@H](C)CNC(=O)N(C)C. The smallest absolute Gasteiger partial charge is 0.316 e. The van der Waals surface area contributed by atoms with Crippen molar-refractivity contribution in [2.24, 2.45) is 5.92 Å². The molecule has 3 rings (SSSR count). The van der Waals surface area contributed by atoms with Crippen molar-refractivity contribution in [2.45, 2.75) is 40.2 Å². The number of carbonyl (C=O) groups excluding carboxylic acids is 1. The van der Waals surface area contributed by atoms with Gasteiger partial charge in [-0.3, -0.25) is 0 Å². The number of nitrogens with one attached hydrogen (secondary N) is 1. The molecule has 0 aliphatic rings. The van der Waals surface area contributed by atoms with Gasteiger partial charge >= 0.3 is 6.03 Å². The number of nitrogens with zero attached hydrogens (tertiary/aromatic N) is 4. The number of carbonyl (C=O) groups is 1. The quantitative estimate of drug-likeness (QED) is 0.476. The number of hydrogen-bond donors (Lipinski definition) is 1. The van der Waals surface area contributed by atoms with E-state index in [0.717, 1.165) is 27.6 Å². The molecule has 3 aromatic rings. The molecule has 7 nitrogen and oxygen atoms in total. The topological polar surface area (TPSA) is 91.1 Å². The lowest BCUT2D eigenvalue weighted by Crippen LogP contribution is -2.37. The highest BCUT2D eigenvalue weighted by atomic mass is 32.1. The molecule has 0 radical (unpaired) electrons. The summed E-state index contributed by atoms with van der Waals surface area (Å²) in [4.78, 5) is 13.4. The third-order valence-electron chi connectivity index (χ3n) is 5.34. The predicted octanol–water partition coefficient (Wildman–Crippen LogP) is 5.29. The maximum atomic E-state index is 11.9. The van der Waals surface area contributed by atoms with E-state index in [4.69, 9.17) is 4.74 Å². The van der Waals surface area contributed by atoms with Crippen molar-refractivity contribution in [3.05, 3.63) is 53.1 Å². The first kappa shape index (κ1) is 25.2. The Morgan fingerprint density at radius 1 is 1.18 bits per heavy atom. The van der Waals surface area contributed by atoms with Gasteiger partial charge in [0.15, 0.2) is 0 Å². The number of hydrogen-bond acceptors (Lipinski definition) is 6. The lowest BCUT2D eigenvalue weighted by atomic mass is 9.93. The first-order chi connectivity index (χ1) is 16.2. The van der Waals surface area contributed by atoms with Crippen LogP contribution in [0.3, 0.4) is 0 Å². The van der Waals surface area contributed by atoms with E-state index in [1.54, 1.807) is 20.2 Å². The van der Waals surface area contributed by atoms with Crippen molar-refractivity contribution < 1.29 is 9.53 Å². The fraction of sp³-hybridized carbons (Fsp3) is 0.385. The molecule has 0 fully saturated rings. The Hall–Kier alpha value is -3.44. The van der Waals surface area contributed by atoms with Crippen molar-refractivity contribution in [1.82, 2.24) is 20.4 Å². The summed E-state index contributed by atoms with van der Waals surface area (Å²) in [6.45, 7) is 8.68. The zero-order valence-electron chi connectivity index (χ0n) is 20.5. The molecule has 1 atom stereocenters. The third kappa shape index (κ3) is 6.12. The summed E-state index contributed by atoms with van der Waals surface area (Å²) in [5, 5.41) is 23.0. The second-order valence-electron chi connectivity index (χ2n) is 8.89. The van der Waals surface area contributed by atoms with E-state index in [9.17, 15) is 10.1 Å². The fourth-order valence-electron chi connectivity index (χ4n) is 3.57. The zero-order chi connectivity index (χ0) is 24.8. The normalized spacial score (nSPS) is 11.7. The fourth-order valence-corrected chi connectivity index (χ4v) is 4.46. The zero-order valence-corrected chi connectivity index (χ0v) is 21.4. The molecular formula is C26H31N5O2S. The minimum absolute atomic E-state index is 0.00980. The van der Waals surface area contributed by atoms with Crippen molar-refractivity contribution in [3.8, 4) is 33.0 Å². The van der Waals surface area contributed by atoms with Gasteiger partial charge in [0.1, 0.15) is 21.8 Å². The van der Waals surface area contributed by atoms with E-state index in [0.29, 0.717) is 17.9 Å². The van der Waals surface area contributed by atoms with Crippen molar-refractivity contribution in [2.75, 3.05) is 20.6 Å². The van der Waals surface area contributed by atoms with Gasteiger partial charge in [-0.2, -0.15) is 5.26 Å². The van der Waals surface area contributed by atoms with Crippen molar-refractivity contribution in [3.63, 3.8) is 0 Å². The summed E-state index contributed by atoms with van der Waals surface area (Å²) in [7, 11) is 3.47. The van der Waals surface area contributed by atoms with Crippen LogP contribution in [0.4, 0.5) is 4.79 Å². The van der Waals surface area contributed by atoms with Gasteiger partial charge in [-0.25, -0.2) is 4.79 Å². The van der Waals surface area contributed by atoms with Gasteiger partial charge in [-0.05, 0) is 62.4 Å². The van der Waals surface area contributed by atoms with E-state index >= 15 is 0 Å². The summed E-state index contributed by atoms with van der Waals surface area (Å²) in [6.07, 6.45) is 0.800. The molecule has 178 valence electrons. The Kier molecular flexibility index (Phi) is 8.24. The van der Waals surface area contributed by atoms with Gasteiger partial charge < -0.3 is 15.0 Å². The number of urea groups is 1. The van der Waals surface area contributed by atoms with E-state index in [2.05, 4.69) is 47.6 Å². The van der Waals surface area contributed by atoms with Crippen molar-refractivity contribution in [1.29, 1.82) is 5.26 Å². The summed E-state index contributed by atoms with van der Waals surface area (Å²) in [5.41, 5.74) is 4.75. The molecule has 0 unspecified atom stereocenters. The number of aromatic nitrogens is 2. The molecule has 34 heavy (non-hydrogen) atoms. The Labute approximate surface area is 205 Å². The number of amides is 2. The number of rotatable bonds is 8. The molecule has 8 heteroatoms. The largest absolute Gasteiger partial charge is 0.490 e. The van der Waals surface area contributed by atoms with Crippen LogP contribution in [0.25, 0.3) is 21.1 Å². The van der Waals surface area contributed by atoms with E-state index < -0.39 is 0 Å². The van der Waals surface area contributed by atoms with E-state index in [1.165, 1.54) is 27.4 Å². The highest BCUT2D eigenvalue weighted by Gasteiger charge is 2.17. The molecule has 2 aromatic carbocycles. The van der Waals surface area contributed by atoms with E-state index in [1.807, 2.05) is 32.0 Å². The number of benzene rings is 2. The second-order valence-corrected chi connectivity index (χ2v) is 9.87. The van der Waals surface area contributed by atoms with Crippen LogP contribution in [0.5, 0.6) is 5.75 Å². The summed E-state index contributed by atoms with van der Waals surface area (Å²) in [6, 6.07) is 13.8. The van der Waals surface area contributed by atoms with Crippen molar-refractivity contribution >= 4 is 17.4 Å². The first-order valence-electron chi connectivity index (χ1n) is 11.3. The van der Waals surface area contributed by atoms with Crippen LogP contribution in [0.15, 0.2) is 36.4 Å². The summed E-state index contributed by atoms with van der Waals surface area (Å²) in [5.74, 6) is 0.824. The van der Waals surface area contributed by atoms with Gasteiger partial charge in [-0.1, -0.05) is 36.5 Å². The van der Waals surface area contributed by atoms with Crippen LogP contribution in [0, 0.1) is 24.2 Å². The van der Waals surface area contributed by atoms with E-state index in [-0.39, 0.29) is 18.1 Å². The third-order valence-corrected chi connectivity index (χ3v) is 6.34. The molecule has 0 saturated heterocycles. The van der Waals surface area contributed by atoms with Crippen LogP contribution >= 0.6 is 11.3 Å². The Balaban J connectivity index is 1.85. The molecular weight excluding hydrogens is 446 g/mol. The number of aryl methyl sites for hydroxylation is 1. The average Bonchev–Trinajstić information content (AvgIpc) is 3.28. The molecule has 0 aliphatic heterocycles. The minimum Gasteiger partial charge on any atom is -0.490 e.